The van der Waals surface area contributed by atoms with Gasteiger partial charge in [0.25, 0.3) is 10.1 Å². The van der Waals surface area contributed by atoms with Crippen LogP contribution in [0.5, 0.6) is 0 Å². The van der Waals surface area contributed by atoms with Gasteiger partial charge in [0.05, 0.1) is 4.75 Å². The Bertz CT molecular complexity index is 1090. The van der Waals surface area contributed by atoms with Crippen molar-refractivity contribution in [3.63, 3.8) is 0 Å². The third-order valence-corrected chi connectivity index (χ3v) is 13.8. The van der Waals surface area contributed by atoms with Crippen molar-refractivity contribution in [1.29, 1.82) is 0 Å². The van der Waals surface area contributed by atoms with Gasteiger partial charge in [0.1, 0.15) is 0 Å². The predicted molar refractivity (Wildman–Crippen MR) is 133 cm³/mol. The molecule has 0 radical (unpaired) electrons. The molecule has 0 spiro atoms. The third kappa shape index (κ3) is 3.48. The van der Waals surface area contributed by atoms with Crippen LogP contribution in [0.3, 0.4) is 0 Å². The number of hydrogen-bond donors (Lipinski definition) is 0. The highest BCUT2D eigenvalue weighted by Gasteiger charge is 2.59. The first-order valence-corrected chi connectivity index (χ1v) is 14.9. The molecule has 33 heavy (non-hydrogen) atoms. The third-order valence-electron chi connectivity index (χ3n) is 7.93. The van der Waals surface area contributed by atoms with Gasteiger partial charge in [0, 0.05) is 14.7 Å². The Morgan fingerprint density at radius 3 is 1.24 bits per heavy atom. The van der Waals surface area contributed by atoms with Gasteiger partial charge in [0.15, 0.2) is 0 Å². The highest BCUT2D eigenvalue weighted by Crippen LogP contribution is 2.71. The molecule has 4 bridgehead atoms. The van der Waals surface area contributed by atoms with E-state index >= 15 is 0 Å². The summed E-state index contributed by atoms with van der Waals surface area (Å²) in [7, 11) is -6.32. The lowest BCUT2D eigenvalue weighted by atomic mass is 9.56. The van der Waals surface area contributed by atoms with Crippen LogP contribution in [0.1, 0.15) is 38.5 Å². The zero-order chi connectivity index (χ0) is 22.5. The second-order valence-electron chi connectivity index (χ2n) is 10.1. The monoisotopic (exact) mass is 478 g/mol. The lowest BCUT2D eigenvalue weighted by Gasteiger charge is -2.56. The summed E-state index contributed by atoms with van der Waals surface area (Å²) < 4.78 is 34.8. The number of benzene rings is 3. The van der Waals surface area contributed by atoms with Gasteiger partial charge in [-0.2, -0.15) is 8.42 Å². The molecule has 172 valence electrons. The summed E-state index contributed by atoms with van der Waals surface area (Å²) in [4.78, 5) is 2.74. The van der Waals surface area contributed by atoms with Gasteiger partial charge in [0.2, 0.25) is 0 Å². The van der Waals surface area contributed by atoms with E-state index in [1.54, 1.807) is 0 Å². The van der Waals surface area contributed by atoms with Gasteiger partial charge in [-0.05, 0) is 103 Å². The first-order valence-electron chi connectivity index (χ1n) is 12.0. The number of hydrogen-bond acceptors (Lipinski definition) is 3. The molecule has 7 rings (SSSR count). The molecule has 4 aliphatic carbocycles. The highest BCUT2D eigenvalue weighted by molar-refractivity contribution is 8.33. The molecule has 4 saturated carbocycles. The van der Waals surface area contributed by atoms with E-state index in [2.05, 4.69) is 0 Å². The van der Waals surface area contributed by atoms with Crippen LogP contribution < -0.4 is 0 Å². The quantitative estimate of drug-likeness (QED) is 0.376. The molecule has 5 heteroatoms. The van der Waals surface area contributed by atoms with Crippen molar-refractivity contribution in [3.05, 3.63) is 91.0 Å². The molecule has 3 aromatic rings. The SMILES string of the molecule is O=S(=O)(OS(c1ccccc1)(c1ccccc1)c1ccccc1)C12CC3CC(CC(C3)C1)C2. The van der Waals surface area contributed by atoms with Crippen molar-refractivity contribution >= 4 is 20.4 Å². The minimum absolute atomic E-state index is 0.532. The van der Waals surface area contributed by atoms with E-state index in [4.69, 9.17) is 3.63 Å². The first-order chi connectivity index (χ1) is 16.0. The molecule has 0 heterocycles. The standard InChI is InChI=1S/C28H30O3S2/c29-33(30,28-19-22-16-23(20-28)18-24(17-22)21-28)31-32(25-10-4-1-5-11-25,26-12-6-2-7-13-26)27-14-8-3-9-15-27/h1-15,22-24H,16-21H2. The van der Waals surface area contributed by atoms with Gasteiger partial charge in [-0.1, -0.05) is 54.6 Å². The van der Waals surface area contributed by atoms with Crippen LogP contribution in [0.4, 0.5) is 0 Å². The molecule has 3 aromatic carbocycles. The van der Waals surface area contributed by atoms with Crippen LogP contribution in [0, 0.1) is 17.8 Å². The minimum Gasteiger partial charge on any atom is -0.206 e. The molecule has 0 atom stereocenters. The largest absolute Gasteiger partial charge is 0.283 e. The molecule has 4 aliphatic rings. The molecule has 4 fully saturated rings. The molecule has 0 unspecified atom stereocenters. The summed E-state index contributed by atoms with van der Waals surface area (Å²) in [5.74, 6) is 1.60. The molecule has 0 aliphatic heterocycles. The Labute approximate surface area is 198 Å². The molecule has 0 aromatic heterocycles. The maximum atomic E-state index is 14.4. The van der Waals surface area contributed by atoms with Crippen molar-refractivity contribution in [1.82, 2.24) is 0 Å². The van der Waals surface area contributed by atoms with Crippen LogP contribution in [0.2, 0.25) is 0 Å². The highest BCUT2D eigenvalue weighted by atomic mass is 32.3. The van der Waals surface area contributed by atoms with E-state index in [-0.39, 0.29) is 0 Å². The van der Waals surface area contributed by atoms with E-state index in [1.807, 2.05) is 91.0 Å². The van der Waals surface area contributed by atoms with E-state index in [0.717, 1.165) is 33.9 Å². The summed E-state index contributed by atoms with van der Waals surface area (Å²) in [6.07, 6.45) is 5.87. The summed E-state index contributed by atoms with van der Waals surface area (Å²) in [5.41, 5.74) is 0. The second kappa shape index (κ2) is 8.00. The van der Waals surface area contributed by atoms with Crippen LogP contribution in [0.15, 0.2) is 106 Å². The van der Waals surface area contributed by atoms with Crippen LogP contribution >= 0.6 is 10.3 Å². The Balaban J connectivity index is 1.54. The van der Waals surface area contributed by atoms with Gasteiger partial charge in [-0.3, -0.25) is 0 Å². The van der Waals surface area contributed by atoms with Crippen molar-refractivity contribution in [3.8, 4) is 0 Å². The summed E-state index contributed by atoms with van der Waals surface area (Å²) >= 11 is 0. The molecular formula is C28H30O3S2. The van der Waals surface area contributed by atoms with Gasteiger partial charge < -0.3 is 0 Å². The lowest BCUT2D eigenvalue weighted by molar-refractivity contribution is 0.0310. The topological polar surface area (TPSA) is 43.4 Å². The smallest absolute Gasteiger partial charge is 0.206 e. The normalized spacial score (nSPS) is 29.2. The Morgan fingerprint density at radius 1 is 0.576 bits per heavy atom. The Kier molecular flexibility index (Phi) is 5.20. The van der Waals surface area contributed by atoms with Gasteiger partial charge in [-0.25, -0.2) is 3.63 Å². The average Bonchev–Trinajstić information content (AvgIpc) is 2.83. The zero-order valence-electron chi connectivity index (χ0n) is 18.7. The Morgan fingerprint density at radius 2 is 0.909 bits per heavy atom. The molecular weight excluding hydrogens is 448 g/mol. The lowest BCUT2D eigenvalue weighted by Crippen LogP contribution is -2.55. The van der Waals surface area contributed by atoms with E-state index in [0.29, 0.717) is 17.8 Å². The maximum Gasteiger partial charge on any atom is 0.283 e. The van der Waals surface area contributed by atoms with E-state index in [1.165, 1.54) is 19.3 Å². The fraction of sp³-hybridized carbons (Fsp3) is 0.357. The first kappa shape index (κ1) is 21.5. The van der Waals surface area contributed by atoms with Crippen LogP contribution in [0.25, 0.3) is 0 Å². The summed E-state index contributed by atoms with van der Waals surface area (Å²) in [6, 6.07) is 29.9. The van der Waals surface area contributed by atoms with Crippen LogP contribution in [-0.2, 0) is 13.7 Å². The molecule has 0 N–H and O–H groups in total. The second-order valence-corrected chi connectivity index (χ2v) is 15.0. The summed E-state index contributed by atoms with van der Waals surface area (Å²) in [5, 5.41) is 0. The fourth-order valence-corrected chi connectivity index (χ4v) is 13.3. The molecule has 0 saturated heterocycles. The fourth-order valence-electron chi connectivity index (χ4n) is 6.91. The van der Waals surface area contributed by atoms with Crippen LogP contribution in [-0.4, -0.2) is 13.2 Å². The zero-order valence-corrected chi connectivity index (χ0v) is 20.3. The van der Waals surface area contributed by atoms with E-state index < -0.39 is 25.2 Å². The Hall–Kier alpha value is -2.08. The maximum absolute atomic E-state index is 14.4. The summed E-state index contributed by atoms with van der Waals surface area (Å²) in [6.45, 7) is 0. The van der Waals surface area contributed by atoms with Crippen molar-refractivity contribution in [2.24, 2.45) is 17.8 Å². The van der Waals surface area contributed by atoms with Crippen molar-refractivity contribution in [2.45, 2.75) is 58.0 Å². The van der Waals surface area contributed by atoms with E-state index in [9.17, 15) is 8.42 Å². The van der Waals surface area contributed by atoms with Gasteiger partial charge >= 0.3 is 0 Å². The van der Waals surface area contributed by atoms with Crippen molar-refractivity contribution in [2.75, 3.05) is 0 Å². The van der Waals surface area contributed by atoms with Crippen molar-refractivity contribution < 1.29 is 12.0 Å². The molecule has 3 nitrogen and oxygen atoms in total. The predicted octanol–water partition coefficient (Wildman–Crippen LogP) is 7.20. The minimum atomic E-state index is -3.84. The molecule has 0 amide bonds. The number of rotatable bonds is 6. The average molecular weight is 479 g/mol. The van der Waals surface area contributed by atoms with Gasteiger partial charge in [-0.15, -0.1) is 0 Å².